The molecule has 134 valence electrons. The normalized spacial score (nSPS) is 11.9. The van der Waals surface area contributed by atoms with E-state index in [4.69, 9.17) is 5.14 Å². The smallest absolute Gasteiger partial charge is 0.247 e. The second kappa shape index (κ2) is 9.97. The molecule has 0 aliphatic rings. The zero-order valence-corrected chi connectivity index (χ0v) is 14.9. The Bertz CT molecular complexity index is 720. The first-order valence-electron chi connectivity index (χ1n) is 8.12. The number of pyridine rings is 1. The van der Waals surface area contributed by atoms with E-state index < -0.39 is 6.04 Å². The molecule has 5 N–H and O–H groups in total. The van der Waals surface area contributed by atoms with Crippen molar-refractivity contribution in [1.29, 1.82) is 0 Å². The molecule has 0 saturated heterocycles. The van der Waals surface area contributed by atoms with Crippen molar-refractivity contribution in [2.75, 3.05) is 11.9 Å². The van der Waals surface area contributed by atoms with Crippen LogP contribution in [0.5, 0.6) is 0 Å². The number of hydrogen-bond donors (Lipinski definition) is 4. The van der Waals surface area contributed by atoms with Gasteiger partial charge in [0.1, 0.15) is 6.04 Å². The van der Waals surface area contributed by atoms with Gasteiger partial charge in [0.15, 0.2) is 0 Å². The number of unbranched alkanes of at least 4 members (excludes halogenated alkanes) is 1. The van der Waals surface area contributed by atoms with Crippen molar-refractivity contribution in [3.8, 4) is 0 Å². The van der Waals surface area contributed by atoms with E-state index >= 15 is 0 Å². The minimum atomic E-state index is -0.581. The molecule has 2 rings (SSSR count). The molecule has 0 aliphatic carbocycles. The number of aromatic nitrogens is 1. The van der Waals surface area contributed by atoms with Gasteiger partial charge < -0.3 is 10.6 Å². The van der Waals surface area contributed by atoms with Crippen molar-refractivity contribution in [3.63, 3.8) is 0 Å². The molecule has 0 fully saturated rings. The third-order valence-electron chi connectivity index (χ3n) is 3.69. The van der Waals surface area contributed by atoms with Crippen molar-refractivity contribution >= 4 is 40.5 Å². The van der Waals surface area contributed by atoms with Gasteiger partial charge in [-0.25, -0.2) is 0 Å². The molecule has 1 heterocycles. The molecule has 0 saturated carbocycles. The Hall–Kier alpha value is -2.16. The molecule has 8 heteroatoms. The van der Waals surface area contributed by atoms with Crippen LogP contribution in [0.15, 0.2) is 36.5 Å². The Balaban J connectivity index is 2.03. The number of nitrogens with two attached hydrogens (primary N) is 1. The molecular formula is C17H23N5O2S. The Morgan fingerprint density at radius 2 is 2.04 bits per heavy atom. The standard InChI is InChI=1S/C17H23N5O2S/c1-12(23)21-15(8-2-3-11-20-25-18)17(24)22-14-9-4-6-13-7-5-10-19-16(13)14/h4-7,9-10,15,20H,2-3,8,11,18H2,1H3,(H,21,23)(H,22,24). The fourth-order valence-corrected chi connectivity index (χ4v) is 2.81. The van der Waals surface area contributed by atoms with E-state index in [2.05, 4.69) is 20.3 Å². The highest BCUT2D eigenvalue weighted by Crippen LogP contribution is 2.21. The predicted molar refractivity (Wildman–Crippen MR) is 102 cm³/mol. The number of carbonyl (C=O) groups is 2. The van der Waals surface area contributed by atoms with Crippen molar-refractivity contribution < 1.29 is 9.59 Å². The first-order valence-corrected chi connectivity index (χ1v) is 9.00. The van der Waals surface area contributed by atoms with Crippen LogP contribution in [-0.2, 0) is 9.59 Å². The second-order valence-corrected chi connectivity index (χ2v) is 6.16. The summed E-state index contributed by atoms with van der Waals surface area (Å²) in [5.74, 6) is -0.471. The number of nitrogens with zero attached hydrogens (tertiary/aromatic N) is 1. The van der Waals surface area contributed by atoms with Crippen LogP contribution in [0.25, 0.3) is 10.9 Å². The fraction of sp³-hybridized carbons (Fsp3) is 0.353. The molecule has 1 aromatic heterocycles. The van der Waals surface area contributed by atoms with Gasteiger partial charge in [-0.1, -0.05) is 18.2 Å². The zero-order valence-electron chi connectivity index (χ0n) is 14.1. The summed E-state index contributed by atoms with van der Waals surface area (Å²) in [7, 11) is 0. The summed E-state index contributed by atoms with van der Waals surface area (Å²) < 4.78 is 2.95. The first-order chi connectivity index (χ1) is 12.1. The Morgan fingerprint density at radius 3 is 2.80 bits per heavy atom. The predicted octanol–water partition coefficient (Wildman–Crippen LogP) is 1.96. The molecule has 0 aliphatic heterocycles. The summed E-state index contributed by atoms with van der Waals surface area (Å²) >= 11 is 1.07. The third kappa shape index (κ3) is 6.00. The van der Waals surface area contributed by atoms with Gasteiger partial charge in [0.2, 0.25) is 11.8 Å². The number of para-hydroxylation sites is 1. The van der Waals surface area contributed by atoms with Gasteiger partial charge >= 0.3 is 0 Å². The maximum Gasteiger partial charge on any atom is 0.247 e. The van der Waals surface area contributed by atoms with E-state index in [0.29, 0.717) is 12.1 Å². The van der Waals surface area contributed by atoms with E-state index in [1.165, 1.54) is 6.92 Å². The first kappa shape index (κ1) is 19.2. The molecule has 1 unspecified atom stereocenters. The molecule has 25 heavy (non-hydrogen) atoms. The van der Waals surface area contributed by atoms with Gasteiger partial charge in [-0.05, 0) is 31.4 Å². The quantitative estimate of drug-likeness (QED) is 0.402. The maximum absolute atomic E-state index is 12.6. The minimum Gasteiger partial charge on any atom is -0.345 e. The highest BCUT2D eigenvalue weighted by atomic mass is 32.2. The lowest BCUT2D eigenvalue weighted by Crippen LogP contribution is -2.43. The molecule has 2 amide bonds. The lowest BCUT2D eigenvalue weighted by Gasteiger charge is -2.18. The van der Waals surface area contributed by atoms with Crippen molar-refractivity contribution in [3.05, 3.63) is 36.5 Å². The Labute approximate surface area is 151 Å². The molecule has 7 nitrogen and oxygen atoms in total. The monoisotopic (exact) mass is 361 g/mol. The van der Waals surface area contributed by atoms with Crippen LogP contribution in [0.4, 0.5) is 5.69 Å². The van der Waals surface area contributed by atoms with Gasteiger partial charge in [0.05, 0.1) is 11.2 Å². The SMILES string of the molecule is CC(=O)NC(CCCCNSN)C(=O)Nc1cccc2cccnc12. The number of anilines is 1. The van der Waals surface area contributed by atoms with Gasteiger partial charge in [-0.2, -0.15) is 0 Å². The number of fused-ring (bicyclic) bond motifs is 1. The van der Waals surface area contributed by atoms with Crippen LogP contribution in [0.3, 0.4) is 0 Å². The summed E-state index contributed by atoms with van der Waals surface area (Å²) in [6, 6.07) is 8.81. The van der Waals surface area contributed by atoms with E-state index in [1.54, 1.807) is 12.3 Å². The molecule has 2 aromatic rings. The van der Waals surface area contributed by atoms with Crippen molar-refractivity contribution in [2.45, 2.75) is 32.2 Å². The molecule has 0 spiro atoms. The summed E-state index contributed by atoms with van der Waals surface area (Å²) in [4.78, 5) is 28.4. The number of rotatable bonds is 9. The highest BCUT2D eigenvalue weighted by Gasteiger charge is 2.20. The third-order valence-corrected chi connectivity index (χ3v) is 4.06. The number of amides is 2. The second-order valence-electron chi connectivity index (χ2n) is 5.63. The molecule has 0 bridgehead atoms. The zero-order chi connectivity index (χ0) is 18.1. The van der Waals surface area contributed by atoms with Gasteiger partial charge in [-0.3, -0.25) is 24.4 Å². The Kier molecular flexibility index (Phi) is 7.65. The lowest BCUT2D eigenvalue weighted by molar-refractivity contribution is -0.125. The van der Waals surface area contributed by atoms with Crippen molar-refractivity contribution in [1.82, 2.24) is 15.0 Å². The van der Waals surface area contributed by atoms with Gasteiger partial charge in [0.25, 0.3) is 0 Å². The minimum absolute atomic E-state index is 0.230. The number of benzene rings is 1. The molecule has 1 aromatic carbocycles. The topological polar surface area (TPSA) is 109 Å². The van der Waals surface area contributed by atoms with Crippen LogP contribution in [0, 0.1) is 0 Å². The summed E-state index contributed by atoms with van der Waals surface area (Å²) in [5.41, 5.74) is 1.36. The van der Waals surface area contributed by atoms with Crippen LogP contribution < -0.4 is 20.5 Å². The largest absolute Gasteiger partial charge is 0.345 e. The molecule has 1 atom stereocenters. The Morgan fingerprint density at radius 1 is 1.24 bits per heavy atom. The lowest BCUT2D eigenvalue weighted by atomic mass is 10.1. The van der Waals surface area contributed by atoms with E-state index in [9.17, 15) is 9.59 Å². The van der Waals surface area contributed by atoms with Crippen LogP contribution in [0.1, 0.15) is 26.2 Å². The van der Waals surface area contributed by atoms with Crippen LogP contribution >= 0.6 is 12.1 Å². The number of nitrogens with one attached hydrogen (secondary N) is 3. The summed E-state index contributed by atoms with van der Waals surface area (Å²) in [6.07, 6.45) is 3.90. The van der Waals surface area contributed by atoms with E-state index in [-0.39, 0.29) is 11.8 Å². The van der Waals surface area contributed by atoms with Crippen LogP contribution in [0.2, 0.25) is 0 Å². The highest BCUT2D eigenvalue weighted by molar-refractivity contribution is 7.95. The van der Waals surface area contributed by atoms with Gasteiger partial charge in [0, 0.05) is 37.2 Å². The van der Waals surface area contributed by atoms with E-state index in [0.717, 1.165) is 42.4 Å². The summed E-state index contributed by atoms with van der Waals surface area (Å²) in [6.45, 7) is 2.16. The summed E-state index contributed by atoms with van der Waals surface area (Å²) in [5, 5.41) is 11.8. The van der Waals surface area contributed by atoms with Crippen LogP contribution in [-0.4, -0.2) is 29.4 Å². The van der Waals surface area contributed by atoms with Crippen molar-refractivity contribution in [2.24, 2.45) is 5.14 Å². The maximum atomic E-state index is 12.6. The average Bonchev–Trinajstić information content (AvgIpc) is 2.60. The van der Waals surface area contributed by atoms with Gasteiger partial charge in [-0.15, -0.1) is 0 Å². The number of carbonyl (C=O) groups excluding carboxylic acids is 2. The fourth-order valence-electron chi connectivity index (χ4n) is 2.54. The van der Waals surface area contributed by atoms with E-state index in [1.807, 2.05) is 24.3 Å². The molecule has 0 radical (unpaired) electrons. The molecular weight excluding hydrogens is 338 g/mol. The number of hydrogen-bond acceptors (Lipinski definition) is 6. The average molecular weight is 361 g/mol.